The number of rotatable bonds is 16. The van der Waals surface area contributed by atoms with E-state index in [9.17, 15) is 19.5 Å². The van der Waals surface area contributed by atoms with E-state index in [1.807, 2.05) is 45.0 Å². The summed E-state index contributed by atoms with van der Waals surface area (Å²) in [6, 6.07) is 5.06. The van der Waals surface area contributed by atoms with E-state index in [1.54, 1.807) is 15.9 Å². The molecule has 5 atom stereocenters. The number of carbonyl (C=O) groups is 3. The number of ether oxygens (including phenoxy) is 2. The van der Waals surface area contributed by atoms with Crippen LogP contribution in [0, 0.1) is 25.7 Å². The van der Waals surface area contributed by atoms with Crippen LogP contribution in [0.5, 0.6) is 0 Å². The van der Waals surface area contributed by atoms with Crippen LogP contribution >= 0.6 is 0 Å². The van der Waals surface area contributed by atoms with Gasteiger partial charge in [-0.05, 0) is 76.8 Å². The SMILES string of the molecule is C=CCCCCOC(=O)[C@H]1[C@H]2C(=O)N(CCCCCCO)C(C(=O)N(CC=C)c3c(C)cccc3C)C23CC[C@]1(C)O3. The molecule has 0 aromatic heterocycles. The van der Waals surface area contributed by atoms with Gasteiger partial charge in [0.25, 0.3) is 5.91 Å². The number of likely N-dealkylation sites (tertiary alicyclic amines) is 1. The standard InChI is InChI=1S/C34H48N2O6/c1-6-8-9-14-23-41-32(40)27-26-30(38)36(21-12-10-11-13-22-37)29(34(26)19-18-33(27,5)42-34)31(39)35(20-7-2)28-24(3)16-15-17-25(28)4/h6-7,15-17,26-27,29,37H,1-2,8-14,18-23H2,3-5H3/t26-,27+,29?,33-,34?/m0/s1. The third-order valence-electron chi connectivity index (χ3n) is 9.41. The second-order valence-corrected chi connectivity index (χ2v) is 12.3. The van der Waals surface area contributed by atoms with Gasteiger partial charge in [0.1, 0.15) is 17.6 Å². The average molecular weight is 581 g/mol. The molecule has 3 aliphatic rings. The molecule has 1 aromatic carbocycles. The summed E-state index contributed by atoms with van der Waals surface area (Å²) in [6.07, 6.45) is 10.2. The number of para-hydroxylation sites is 1. The van der Waals surface area contributed by atoms with Crippen LogP contribution in [0.1, 0.15) is 75.8 Å². The molecule has 0 aliphatic carbocycles. The summed E-state index contributed by atoms with van der Waals surface area (Å²) < 4.78 is 12.5. The van der Waals surface area contributed by atoms with E-state index in [0.29, 0.717) is 32.2 Å². The van der Waals surface area contributed by atoms with Crippen LogP contribution in [0.25, 0.3) is 0 Å². The molecule has 230 valence electrons. The van der Waals surface area contributed by atoms with E-state index in [0.717, 1.165) is 48.9 Å². The molecule has 3 fully saturated rings. The van der Waals surface area contributed by atoms with Gasteiger partial charge in [0.15, 0.2) is 0 Å². The van der Waals surface area contributed by atoms with Crippen molar-refractivity contribution in [3.8, 4) is 0 Å². The van der Waals surface area contributed by atoms with Gasteiger partial charge in [-0.1, -0.05) is 43.2 Å². The monoisotopic (exact) mass is 580 g/mol. The van der Waals surface area contributed by atoms with Crippen molar-refractivity contribution in [2.45, 2.75) is 95.8 Å². The Morgan fingerprint density at radius 1 is 1.10 bits per heavy atom. The zero-order valence-electron chi connectivity index (χ0n) is 25.6. The Morgan fingerprint density at radius 2 is 1.81 bits per heavy atom. The highest BCUT2D eigenvalue weighted by Gasteiger charge is 2.78. The molecule has 8 nitrogen and oxygen atoms in total. The van der Waals surface area contributed by atoms with Crippen LogP contribution < -0.4 is 4.90 Å². The zero-order valence-corrected chi connectivity index (χ0v) is 25.6. The first-order valence-corrected chi connectivity index (χ1v) is 15.5. The Labute approximate surface area is 250 Å². The van der Waals surface area contributed by atoms with E-state index < -0.39 is 35.0 Å². The smallest absolute Gasteiger partial charge is 0.312 e. The molecular weight excluding hydrogens is 532 g/mol. The predicted molar refractivity (Wildman–Crippen MR) is 163 cm³/mol. The quantitative estimate of drug-likeness (QED) is 0.167. The van der Waals surface area contributed by atoms with Crippen molar-refractivity contribution in [3.05, 3.63) is 54.6 Å². The molecule has 2 amide bonds. The highest BCUT2D eigenvalue weighted by atomic mass is 16.6. The lowest BCUT2D eigenvalue weighted by Crippen LogP contribution is -2.56. The maximum Gasteiger partial charge on any atom is 0.312 e. The Balaban J connectivity index is 1.69. The van der Waals surface area contributed by atoms with Gasteiger partial charge >= 0.3 is 5.97 Å². The number of allylic oxidation sites excluding steroid dienone is 1. The Hall–Kier alpha value is -2.97. The maximum atomic E-state index is 14.8. The molecule has 0 radical (unpaired) electrons. The number of aryl methyl sites for hydroxylation is 2. The first kappa shape index (κ1) is 32.0. The third-order valence-corrected chi connectivity index (χ3v) is 9.41. The van der Waals surface area contributed by atoms with Crippen LogP contribution in [-0.2, 0) is 23.9 Å². The number of carbonyl (C=O) groups excluding carboxylic acids is 3. The minimum absolute atomic E-state index is 0.130. The number of esters is 1. The predicted octanol–water partition coefficient (Wildman–Crippen LogP) is 5.04. The minimum Gasteiger partial charge on any atom is -0.465 e. The molecule has 3 aliphatic heterocycles. The maximum absolute atomic E-state index is 14.8. The van der Waals surface area contributed by atoms with E-state index in [2.05, 4.69) is 13.2 Å². The third kappa shape index (κ3) is 5.80. The molecule has 3 saturated heterocycles. The molecule has 1 N–H and O–H groups in total. The van der Waals surface area contributed by atoms with Crippen molar-refractivity contribution >= 4 is 23.5 Å². The molecule has 0 saturated carbocycles. The van der Waals surface area contributed by atoms with Crippen LogP contribution in [0.3, 0.4) is 0 Å². The molecule has 2 bridgehead atoms. The van der Waals surface area contributed by atoms with Crippen LogP contribution in [-0.4, -0.2) is 71.3 Å². The largest absolute Gasteiger partial charge is 0.465 e. The first-order chi connectivity index (χ1) is 20.2. The molecule has 4 rings (SSSR count). The fourth-order valence-corrected chi connectivity index (χ4v) is 7.50. The second kappa shape index (κ2) is 13.6. The van der Waals surface area contributed by atoms with Crippen LogP contribution in [0.2, 0.25) is 0 Å². The number of aliphatic hydroxyl groups is 1. The number of benzene rings is 1. The van der Waals surface area contributed by atoms with Gasteiger partial charge in [-0.2, -0.15) is 0 Å². The number of hydrogen-bond acceptors (Lipinski definition) is 6. The fraction of sp³-hybridized carbons (Fsp3) is 0.618. The van der Waals surface area contributed by atoms with Gasteiger partial charge in [0, 0.05) is 25.4 Å². The van der Waals surface area contributed by atoms with Gasteiger partial charge in [-0.3, -0.25) is 14.4 Å². The highest BCUT2D eigenvalue weighted by Crippen LogP contribution is 2.63. The number of anilines is 1. The number of nitrogens with zero attached hydrogens (tertiary/aromatic N) is 2. The first-order valence-electron chi connectivity index (χ1n) is 15.5. The van der Waals surface area contributed by atoms with Gasteiger partial charge in [-0.15, -0.1) is 13.2 Å². The van der Waals surface area contributed by atoms with Gasteiger partial charge < -0.3 is 24.4 Å². The lowest BCUT2D eigenvalue weighted by atomic mass is 9.66. The summed E-state index contributed by atoms with van der Waals surface area (Å²) in [7, 11) is 0. The number of hydrogen-bond donors (Lipinski definition) is 1. The van der Waals surface area contributed by atoms with Crippen molar-refractivity contribution in [2.24, 2.45) is 11.8 Å². The Morgan fingerprint density at radius 3 is 2.48 bits per heavy atom. The fourth-order valence-electron chi connectivity index (χ4n) is 7.50. The van der Waals surface area contributed by atoms with Crippen molar-refractivity contribution in [1.29, 1.82) is 0 Å². The van der Waals surface area contributed by atoms with Crippen LogP contribution in [0.15, 0.2) is 43.5 Å². The van der Waals surface area contributed by atoms with Gasteiger partial charge in [0.2, 0.25) is 5.91 Å². The van der Waals surface area contributed by atoms with Gasteiger partial charge in [0.05, 0.1) is 18.1 Å². The summed E-state index contributed by atoms with van der Waals surface area (Å²) in [5.41, 5.74) is 0.760. The van der Waals surface area contributed by atoms with Gasteiger partial charge in [-0.25, -0.2) is 0 Å². The lowest BCUT2D eigenvalue weighted by molar-refractivity contribution is -0.159. The van der Waals surface area contributed by atoms with E-state index in [1.165, 1.54) is 0 Å². The van der Waals surface area contributed by atoms with Crippen molar-refractivity contribution < 1.29 is 29.0 Å². The Bertz CT molecular complexity index is 1160. The number of aliphatic hydroxyl groups excluding tert-OH is 1. The average Bonchev–Trinajstić information content (AvgIpc) is 3.52. The summed E-state index contributed by atoms with van der Waals surface area (Å²) in [4.78, 5) is 46.1. The van der Waals surface area contributed by atoms with Crippen molar-refractivity contribution in [3.63, 3.8) is 0 Å². The molecule has 1 aromatic rings. The highest BCUT2D eigenvalue weighted by molar-refractivity contribution is 6.05. The van der Waals surface area contributed by atoms with E-state index >= 15 is 0 Å². The molecule has 1 spiro atoms. The molecule has 42 heavy (non-hydrogen) atoms. The number of amides is 2. The number of unbranched alkanes of at least 4 members (excludes halogenated alkanes) is 5. The Kier molecular flexibility index (Phi) is 10.3. The lowest BCUT2D eigenvalue weighted by Gasteiger charge is -2.37. The number of fused-ring (bicyclic) bond motifs is 1. The molecular formula is C34H48N2O6. The topological polar surface area (TPSA) is 96.4 Å². The summed E-state index contributed by atoms with van der Waals surface area (Å²) in [6.45, 7) is 14.6. The van der Waals surface area contributed by atoms with Crippen molar-refractivity contribution in [2.75, 3.05) is 31.2 Å². The van der Waals surface area contributed by atoms with E-state index in [4.69, 9.17) is 9.47 Å². The second-order valence-electron chi connectivity index (χ2n) is 12.3. The normalized spacial score (nSPS) is 27.7. The van der Waals surface area contributed by atoms with Crippen LogP contribution in [0.4, 0.5) is 5.69 Å². The van der Waals surface area contributed by atoms with Crippen molar-refractivity contribution in [1.82, 2.24) is 4.90 Å². The summed E-state index contributed by atoms with van der Waals surface area (Å²) in [5.74, 6) is -2.36. The molecule has 3 heterocycles. The zero-order chi connectivity index (χ0) is 30.5. The molecule has 2 unspecified atom stereocenters. The molecule has 8 heteroatoms. The minimum atomic E-state index is -1.10. The summed E-state index contributed by atoms with van der Waals surface area (Å²) >= 11 is 0. The van der Waals surface area contributed by atoms with E-state index in [-0.39, 0.29) is 31.6 Å². The summed E-state index contributed by atoms with van der Waals surface area (Å²) in [5, 5.41) is 9.20.